The maximum Gasteiger partial charge on any atom is -0.0683 e. The van der Waals surface area contributed by atoms with Gasteiger partial charge in [0, 0.05) is 0 Å². The molecule has 0 heteroatoms. The van der Waals surface area contributed by atoms with Crippen LogP contribution in [0.15, 0.2) is 0 Å². The minimum atomic E-state index is 2.00. The summed E-state index contributed by atoms with van der Waals surface area (Å²) in [7, 11) is 0. The van der Waals surface area contributed by atoms with Crippen molar-refractivity contribution in [3.8, 4) is 0 Å². The quantitative estimate of drug-likeness (QED) is 0.231. The van der Waals surface area contributed by atoms with E-state index >= 15 is 0 Å². The zero-order valence-corrected chi connectivity index (χ0v) is 50.0. The summed E-state index contributed by atoms with van der Waals surface area (Å²) in [6.45, 7) is 100. The Bertz CT molecular complexity index is 0. The highest BCUT2D eigenvalue weighted by atomic mass is 13.1. The summed E-state index contributed by atoms with van der Waals surface area (Å²) in [6, 6.07) is 0. The molecule has 0 heterocycles. The normalized spacial score (nSPS) is 3.00. The minimum Gasteiger partial charge on any atom is -0.0683 e. The van der Waals surface area contributed by atoms with Crippen molar-refractivity contribution in [2.75, 3.05) is 0 Å². The van der Waals surface area contributed by atoms with Crippen LogP contribution in [-0.2, 0) is 0 Å². The molecule has 0 aromatic rings. The molecule has 0 N–H and O–H groups in total. The molecule has 0 aromatic heterocycles. The Balaban J connectivity index is -0.00000000566. The van der Waals surface area contributed by atoms with E-state index in [0.29, 0.717) is 0 Å². The standard InChI is InChI=1S/25C2H6/c25*1-2/h25*1-2H3. The molecule has 0 unspecified atom stereocenters. The Labute approximate surface area is 345 Å². The van der Waals surface area contributed by atoms with Gasteiger partial charge < -0.3 is 0 Å². The Morgan fingerprint density at radius 1 is 0.0400 bits per heavy atom. The van der Waals surface area contributed by atoms with E-state index in [1.807, 2.05) is 346 Å². The van der Waals surface area contributed by atoms with Gasteiger partial charge in [0.25, 0.3) is 0 Å². The molecule has 0 aromatic carbocycles. The molecule has 0 aliphatic carbocycles. The van der Waals surface area contributed by atoms with Crippen LogP contribution in [0.4, 0.5) is 0 Å². The van der Waals surface area contributed by atoms with Gasteiger partial charge >= 0.3 is 0 Å². The first kappa shape index (κ1) is 192. The van der Waals surface area contributed by atoms with Crippen molar-refractivity contribution < 1.29 is 0 Å². The first-order valence-corrected chi connectivity index (χ1v) is 25.0. The van der Waals surface area contributed by atoms with E-state index in [-0.39, 0.29) is 0 Å². The summed E-state index contributed by atoms with van der Waals surface area (Å²) in [4.78, 5) is 0. The van der Waals surface area contributed by atoms with Gasteiger partial charge in [0.15, 0.2) is 0 Å². The first-order valence-electron chi connectivity index (χ1n) is 25.0. The van der Waals surface area contributed by atoms with E-state index in [1.54, 1.807) is 0 Å². The van der Waals surface area contributed by atoms with Gasteiger partial charge in [-0.2, -0.15) is 0 Å². The number of rotatable bonds is 0. The lowest BCUT2D eigenvalue weighted by molar-refractivity contribution is 1.50. The lowest BCUT2D eigenvalue weighted by Gasteiger charge is -1.07. The second-order valence-electron chi connectivity index (χ2n) is 0. The topological polar surface area (TPSA) is 0 Å². The third-order valence-electron chi connectivity index (χ3n) is 0. The zero-order valence-electron chi connectivity index (χ0n) is 50.0. The van der Waals surface area contributed by atoms with Crippen molar-refractivity contribution in [1.82, 2.24) is 0 Å². The van der Waals surface area contributed by atoms with Crippen LogP contribution in [0.3, 0.4) is 0 Å². The minimum absolute atomic E-state index is 2.00. The van der Waals surface area contributed by atoms with Crippen molar-refractivity contribution in [1.29, 1.82) is 0 Å². The van der Waals surface area contributed by atoms with Crippen molar-refractivity contribution in [3.05, 3.63) is 0 Å². The lowest BCUT2D eigenvalue weighted by atomic mass is 11.0. The van der Waals surface area contributed by atoms with Crippen molar-refractivity contribution >= 4 is 0 Å². The van der Waals surface area contributed by atoms with Gasteiger partial charge in [-0.3, -0.25) is 0 Å². The average molecular weight is 752 g/mol. The van der Waals surface area contributed by atoms with E-state index in [4.69, 9.17) is 0 Å². The van der Waals surface area contributed by atoms with Gasteiger partial charge in [0.1, 0.15) is 0 Å². The molecule has 0 bridgehead atoms. The Hall–Kier alpha value is 0. The molecule has 0 amide bonds. The van der Waals surface area contributed by atoms with E-state index in [2.05, 4.69) is 0 Å². The third kappa shape index (κ3) is 0. The molecule has 0 aliphatic heterocycles. The molecule has 0 rings (SSSR count). The molecule has 0 saturated heterocycles. The fourth-order valence-corrected chi connectivity index (χ4v) is 0. The fourth-order valence-electron chi connectivity index (χ4n) is 0. The highest BCUT2D eigenvalue weighted by Crippen LogP contribution is 1.19. The van der Waals surface area contributed by atoms with Crippen LogP contribution in [0.1, 0.15) is 346 Å². The number of hydrogen-bond acceptors (Lipinski definition) is 0. The van der Waals surface area contributed by atoms with Crippen LogP contribution in [0.25, 0.3) is 0 Å². The molecular weight excluding hydrogens is 601 g/mol. The van der Waals surface area contributed by atoms with Crippen molar-refractivity contribution in [3.63, 3.8) is 0 Å². The van der Waals surface area contributed by atoms with Crippen molar-refractivity contribution in [2.45, 2.75) is 346 Å². The molecule has 350 valence electrons. The second kappa shape index (κ2) is 0. The predicted molar refractivity (Wildman–Crippen MR) is 284 cm³/mol. The summed E-state index contributed by atoms with van der Waals surface area (Å²) in [5.41, 5.74) is 0. The average Bonchev–Trinajstić information content (AvgIpc) is 3.37. The predicted octanol–water partition coefficient (Wildman–Crippen LogP) is 25.7. The largest absolute Gasteiger partial charge is 0.0683 e. The van der Waals surface area contributed by atoms with E-state index < -0.39 is 0 Å². The molecule has 0 spiro atoms. The monoisotopic (exact) mass is 751 g/mol. The Kier molecular flexibility index (Phi) is 0. The molecule has 0 fully saturated rings. The Morgan fingerprint density at radius 3 is 0.0400 bits per heavy atom. The van der Waals surface area contributed by atoms with E-state index in [0.717, 1.165) is 0 Å². The van der Waals surface area contributed by atoms with Gasteiger partial charge in [0.05, 0.1) is 0 Å². The maximum absolute atomic E-state index is 2.00. The van der Waals surface area contributed by atoms with Crippen LogP contribution >= 0.6 is 0 Å². The third-order valence-corrected chi connectivity index (χ3v) is 0. The molecule has 0 radical (unpaired) electrons. The van der Waals surface area contributed by atoms with Crippen LogP contribution in [0, 0.1) is 0 Å². The molecule has 50 heavy (non-hydrogen) atoms. The van der Waals surface area contributed by atoms with Crippen LogP contribution in [-0.4, -0.2) is 0 Å². The molecule has 0 atom stereocenters. The highest BCUT2D eigenvalue weighted by molar-refractivity contribution is 3.55. The summed E-state index contributed by atoms with van der Waals surface area (Å²) in [6.07, 6.45) is 0. The van der Waals surface area contributed by atoms with Crippen LogP contribution < -0.4 is 0 Å². The van der Waals surface area contributed by atoms with Gasteiger partial charge in [-0.1, -0.05) is 346 Å². The first-order chi connectivity index (χ1) is 25.0. The summed E-state index contributed by atoms with van der Waals surface area (Å²) in [5.74, 6) is 0. The maximum atomic E-state index is 2.00. The highest BCUT2D eigenvalue weighted by Gasteiger charge is 0.980. The Morgan fingerprint density at radius 2 is 0.0400 bits per heavy atom. The van der Waals surface area contributed by atoms with E-state index in [1.165, 1.54) is 0 Å². The molecule has 0 saturated carbocycles. The zero-order chi connectivity index (χ0) is 50.0. The van der Waals surface area contributed by atoms with Gasteiger partial charge in [-0.05, 0) is 0 Å². The summed E-state index contributed by atoms with van der Waals surface area (Å²) < 4.78 is 0. The van der Waals surface area contributed by atoms with Gasteiger partial charge in [-0.25, -0.2) is 0 Å². The molecule has 0 nitrogen and oxygen atoms in total. The summed E-state index contributed by atoms with van der Waals surface area (Å²) in [5, 5.41) is 0. The molecule has 0 aliphatic rings. The van der Waals surface area contributed by atoms with E-state index in [9.17, 15) is 0 Å². The molecular formula is C50H150. The second-order valence-corrected chi connectivity index (χ2v) is 0. The smallest absolute Gasteiger partial charge is 0.0683 e. The lowest BCUT2D eigenvalue weighted by Crippen LogP contribution is -0.856. The number of hydrogen-bond donors (Lipinski definition) is 0. The summed E-state index contributed by atoms with van der Waals surface area (Å²) >= 11 is 0. The fraction of sp³-hybridized carbons (Fsp3) is 1.00. The SMILES string of the molecule is CC.CC.CC.CC.CC.CC.CC.CC.CC.CC.CC.CC.CC.CC.CC.CC.CC.CC.CC.CC.CC.CC.CC.CC.CC. The van der Waals surface area contributed by atoms with Gasteiger partial charge in [0.2, 0.25) is 0 Å². The van der Waals surface area contributed by atoms with Crippen LogP contribution in [0.2, 0.25) is 0 Å². The van der Waals surface area contributed by atoms with Crippen LogP contribution in [0.5, 0.6) is 0 Å². The van der Waals surface area contributed by atoms with Gasteiger partial charge in [-0.15, -0.1) is 0 Å². The van der Waals surface area contributed by atoms with Crippen molar-refractivity contribution in [2.24, 2.45) is 0 Å².